The van der Waals surface area contributed by atoms with Crippen LogP contribution in [0.4, 0.5) is 0 Å². The number of rotatable bonds is 5. The Labute approximate surface area is 125 Å². The number of aromatic carboxylic acids is 1. The van der Waals surface area contributed by atoms with Crippen LogP contribution in [0.5, 0.6) is 5.75 Å². The van der Waals surface area contributed by atoms with E-state index in [1.165, 1.54) is 18.4 Å². The van der Waals surface area contributed by atoms with E-state index in [0.717, 1.165) is 22.5 Å². The van der Waals surface area contributed by atoms with Gasteiger partial charge >= 0.3 is 5.97 Å². The number of carboxylic acids is 1. The van der Waals surface area contributed by atoms with Gasteiger partial charge in [0.25, 0.3) is 0 Å². The largest absolute Gasteiger partial charge is 0.507 e. The molecule has 0 unspecified atom stereocenters. The zero-order valence-electron chi connectivity index (χ0n) is 10.9. The minimum atomic E-state index is -3.86. The van der Waals surface area contributed by atoms with Gasteiger partial charge in [0.05, 0.1) is 22.6 Å². The van der Waals surface area contributed by atoms with E-state index < -0.39 is 27.3 Å². The van der Waals surface area contributed by atoms with Crippen molar-refractivity contribution in [2.75, 3.05) is 7.05 Å². The third-order valence-electron chi connectivity index (χ3n) is 2.77. The second-order valence-electron chi connectivity index (χ2n) is 4.22. The van der Waals surface area contributed by atoms with Gasteiger partial charge in [-0.25, -0.2) is 18.2 Å². The standard InChI is InChI=1S/C12H12N2O5S2/c1-14(5-8-6-20-7-13-8)21(18,19)9-2-3-11(15)10(4-9)12(16)17/h2-4,6-7,15H,5H2,1H3,(H,16,17). The fourth-order valence-corrected chi connectivity index (χ4v) is 3.37. The summed E-state index contributed by atoms with van der Waals surface area (Å²) in [5.41, 5.74) is 1.74. The number of benzene rings is 1. The third kappa shape index (κ3) is 3.20. The molecule has 0 spiro atoms. The number of thiazole rings is 1. The van der Waals surface area contributed by atoms with Crippen LogP contribution < -0.4 is 0 Å². The molecule has 0 atom stereocenters. The van der Waals surface area contributed by atoms with Crippen molar-refractivity contribution >= 4 is 27.3 Å². The molecule has 7 nitrogen and oxygen atoms in total. The monoisotopic (exact) mass is 328 g/mol. The molecule has 0 fully saturated rings. The van der Waals surface area contributed by atoms with Crippen molar-refractivity contribution in [3.05, 3.63) is 40.3 Å². The maximum atomic E-state index is 12.4. The summed E-state index contributed by atoms with van der Waals surface area (Å²) in [4.78, 5) is 14.8. The SMILES string of the molecule is CN(Cc1cscn1)S(=O)(=O)c1ccc(O)c(C(=O)O)c1. The Morgan fingerprint density at radius 2 is 2.14 bits per heavy atom. The van der Waals surface area contributed by atoms with Crippen LogP contribution in [0.15, 0.2) is 34.0 Å². The number of carboxylic acid groups (broad SMARTS) is 1. The van der Waals surface area contributed by atoms with Crippen LogP contribution in [-0.2, 0) is 16.6 Å². The van der Waals surface area contributed by atoms with Crippen molar-refractivity contribution < 1.29 is 23.4 Å². The summed E-state index contributed by atoms with van der Waals surface area (Å²) >= 11 is 1.35. The van der Waals surface area contributed by atoms with Gasteiger partial charge in [0.1, 0.15) is 11.3 Å². The van der Waals surface area contributed by atoms with Gasteiger partial charge in [-0.2, -0.15) is 4.31 Å². The number of nitrogens with zero attached hydrogens (tertiary/aromatic N) is 2. The van der Waals surface area contributed by atoms with Crippen LogP contribution in [0.3, 0.4) is 0 Å². The van der Waals surface area contributed by atoms with Crippen molar-refractivity contribution in [1.82, 2.24) is 9.29 Å². The smallest absolute Gasteiger partial charge is 0.339 e. The summed E-state index contributed by atoms with van der Waals surface area (Å²) in [6, 6.07) is 3.15. The van der Waals surface area contributed by atoms with Crippen molar-refractivity contribution in [1.29, 1.82) is 0 Å². The van der Waals surface area contributed by atoms with E-state index in [4.69, 9.17) is 5.11 Å². The fraction of sp³-hybridized carbons (Fsp3) is 0.167. The summed E-state index contributed by atoms with van der Waals surface area (Å²) in [7, 11) is -2.49. The lowest BCUT2D eigenvalue weighted by Crippen LogP contribution is -2.26. The van der Waals surface area contributed by atoms with Crippen LogP contribution in [0.2, 0.25) is 0 Å². The number of hydrogen-bond donors (Lipinski definition) is 2. The summed E-state index contributed by atoms with van der Waals surface area (Å²) in [6.45, 7) is 0.0785. The highest BCUT2D eigenvalue weighted by atomic mass is 32.2. The molecule has 2 rings (SSSR count). The Balaban J connectivity index is 2.35. The zero-order chi connectivity index (χ0) is 15.6. The summed E-state index contributed by atoms with van der Waals surface area (Å²) < 4.78 is 25.8. The number of sulfonamides is 1. The lowest BCUT2D eigenvalue weighted by atomic mass is 10.2. The van der Waals surface area contributed by atoms with Crippen LogP contribution in [0.1, 0.15) is 16.1 Å². The van der Waals surface area contributed by atoms with Gasteiger partial charge in [-0.1, -0.05) is 0 Å². The minimum Gasteiger partial charge on any atom is -0.507 e. The van der Waals surface area contributed by atoms with Crippen LogP contribution in [0, 0.1) is 0 Å². The van der Waals surface area contributed by atoms with E-state index in [0.29, 0.717) is 5.69 Å². The molecule has 0 radical (unpaired) electrons. The highest BCUT2D eigenvalue weighted by Crippen LogP contribution is 2.24. The molecule has 9 heteroatoms. The number of carbonyl (C=O) groups is 1. The third-order valence-corrected chi connectivity index (χ3v) is 5.21. The molecular weight excluding hydrogens is 316 g/mol. The van der Waals surface area contributed by atoms with Gasteiger partial charge in [-0.05, 0) is 18.2 Å². The molecule has 112 valence electrons. The molecule has 2 N–H and O–H groups in total. The Hall–Kier alpha value is -1.97. The molecule has 0 aliphatic rings. The van der Waals surface area contributed by atoms with Crippen molar-refractivity contribution in [2.45, 2.75) is 11.4 Å². The van der Waals surface area contributed by atoms with Gasteiger partial charge in [0.2, 0.25) is 10.0 Å². The molecule has 2 aromatic rings. The maximum absolute atomic E-state index is 12.4. The van der Waals surface area contributed by atoms with Gasteiger partial charge < -0.3 is 10.2 Å². The van der Waals surface area contributed by atoms with Crippen LogP contribution in [0.25, 0.3) is 0 Å². The summed E-state index contributed by atoms with van der Waals surface area (Å²) in [6.07, 6.45) is 0. The van der Waals surface area contributed by atoms with Gasteiger partial charge in [-0.15, -0.1) is 11.3 Å². The Morgan fingerprint density at radius 3 is 2.71 bits per heavy atom. The first-order chi connectivity index (χ1) is 9.82. The molecular formula is C12H12N2O5S2. The van der Waals surface area contributed by atoms with E-state index >= 15 is 0 Å². The Bertz CT molecular complexity index is 756. The van der Waals surface area contributed by atoms with Gasteiger partial charge in [0, 0.05) is 12.4 Å². The highest BCUT2D eigenvalue weighted by molar-refractivity contribution is 7.89. The second kappa shape index (κ2) is 5.80. The Morgan fingerprint density at radius 1 is 1.43 bits per heavy atom. The fourth-order valence-electron chi connectivity index (χ4n) is 1.66. The van der Waals surface area contributed by atoms with E-state index in [1.807, 2.05) is 0 Å². The first-order valence-electron chi connectivity index (χ1n) is 5.72. The highest BCUT2D eigenvalue weighted by Gasteiger charge is 2.24. The Kier molecular flexibility index (Phi) is 4.26. The van der Waals surface area contributed by atoms with Crippen molar-refractivity contribution in [2.24, 2.45) is 0 Å². The van der Waals surface area contributed by atoms with E-state index in [9.17, 15) is 18.3 Å². The van der Waals surface area contributed by atoms with Gasteiger partial charge in [0.15, 0.2) is 0 Å². The first-order valence-corrected chi connectivity index (χ1v) is 8.10. The second-order valence-corrected chi connectivity index (χ2v) is 6.99. The molecule has 0 bridgehead atoms. The molecule has 21 heavy (non-hydrogen) atoms. The van der Waals surface area contributed by atoms with Gasteiger partial charge in [-0.3, -0.25) is 0 Å². The quantitative estimate of drug-likeness (QED) is 0.858. The molecule has 0 amide bonds. The average Bonchev–Trinajstić information content (AvgIpc) is 2.91. The predicted octanol–water partition coefficient (Wildman–Crippen LogP) is 1.37. The maximum Gasteiger partial charge on any atom is 0.339 e. The van der Waals surface area contributed by atoms with E-state index in [2.05, 4.69) is 4.98 Å². The summed E-state index contributed by atoms with van der Waals surface area (Å²) in [5.74, 6) is -1.88. The normalized spacial score (nSPS) is 11.7. The minimum absolute atomic E-state index is 0.0785. The lowest BCUT2D eigenvalue weighted by molar-refractivity contribution is 0.0693. The topological polar surface area (TPSA) is 108 Å². The first kappa shape index (κ1) is 15.4. The van der Waals surface area contributed by atoms with Crippen LogP contribution >= 0.6 is 11.3 Å². The molecule has 1 heterocycles. The van der Waals surface area contributed by atoms with E-state index in [1.54, 1.807) is 10.9 Å². The molecule has 0 aliphatic heterocycles. The molecule has 0 aliphatic carbocycles. The van der Waals surface area contributed by atoms with E-state index in [-0.39, 0.29) is 11.4 Å². The molecule has 0 saturated carbocycles. The zero-order valence-corrected chi connectivity index (χ0v) is 12.6. The number of hydrogen-bond acceptors (Lipinski definition) is 6. The molecule has 1 aromatic heterocycles. The number of aromatic nitrogens is 1. The van der Waals surface area contributed by atoms with Crippen molar-refractivity contribution in [3.8, 4) is 5.75 Å². The lowest BCUT2D eigenvalue weighted by Gasteiger charge is -2.16. The van der Waals surface area contributed by atoms with Crippen LogP contribution in [-0.4, -0.2) is 40.9 Å². The molecule has 0 saturated heterocycles. The average molecular weight is 328 g/mol. The van der Waals surface area contributed by atoms with Crippen molar-refractivity contribution in [3.63, 3.8) is 0 Å². The summed E-state index contributed by atoms with van der Waals surface area (Å²) in [5, 5.41) is 20.1. The number of aromatic hydroxyl groups is 1. The molecule has 1 aromatic carbocycles. The number of phenols is 1. The predicted molar refractivity (Wildman–Crippen MR) is 75.8 cm³/mol.